The Labute approximate surface area is 126 Å². The standard InChI is InChI=1S/C19H21NO/c21-16-10-11-17-15(13-16)6-3-9-19(17)20-12-4-7-14-5-1-2-8-18(14)20/h1-2,5,8,10-11,13,19,21H,3-4,6-7,9,12H2. The first kappa shape index (κ1) is 12.8. The van der Waals surface area contributed by atoms with Gasteiger partial charge in [-0.05, 0) is 67.0 Å². The number of hydrogen-bond acceptors (Lipinski definition) is 2. The molecule has 2 nitrogen and oxygen atoms in total. The molecule has 2 heteroatoms. The maximum atomic E-state index is 9.73. The van der Waals surface area contributed by atoms with Gasteiger partial charge in [-0.2, -0.15) is 0 Å². The van der Waals surface area contributed by atoms with Gasteiger partial charge in [-0.3, -0.25) is 0 Å². The quantitative estimate of drug-likeness (QED) is 0.844. The molecule has 1 unspecified atom stereocenters. The second kappa shape index (κ2) is 5.10. The van der Waals surface area contributed by atoms with Gasteiger partial charge in [0.15, 0.2) is 0 Å². The van der Waals surface area contributed by atoms with Crippen LogP contribution in [0.1, 0.15) is 42.0 Å². The van der Waals surface area contributed by atoms with Gasteiger partial charge in [0, 0.05) is 12.2 Å². The van der Waals surface area contributed by atoms with Gasteiger partial charge in [-0.1, -0.05) is 24.3 Å². The van der Waals surface area contributed by atoms with E-state index in [0.29, 0.717) is 11.8 Å². The lowest BCUT2D eigenvalue weighted by atomic mass is 9.85. The average Bonchev–Trinajstić information content (AvgIpc) is 2.53. The lowest BCUT2D eigenvalue weighted by Crippen LogP contribution is -2.35. The van der Waals surface area contributed by atoms with Crippen molar-refractivity contribution in [1.82, 2.24) is 0 Å². The molecule has 21 heavy (non-hydrogen) atoms. The molecule has 4 rings (SSSR count). The Morgan fingerprint density at radius 1 is 0.952 bits per heavy atom. The van der Waals surface area contributed by atoms with Crippen molar-refractivity contribution in [2.75, 3.05) is 11.4 Å². The van der Waals surface area contributed by atoms with Gasteiger partial charge in [-0.25, -0.2) is 0 Å². The predicted molar refractivity (Wildman–Crippen MR) is 85.9 cm³/mol. The number of aromatic hydroxyl groups is 1. The average molecular weight is 279 g/mol. The normalized spacial score (nSPS) is 20.8. The van der Waals surface area contributed by atoms with Gasteiger partial charge in [0.25, 0.3) is 0 Å². The summed E-state index contributed by atoms with van der Waals surface area (Å²) in [6.07, 6.45) is 5.95. The van der Waals surface area contributed by atoms with Crippen LogP contribution in [0, 0.1) is 0 Å². The van der Waals surface area contributed by atoms with Gasteiger partial charge >= 0.3 is 0 Å². The molecule has 0 aromatic heterocycles. The minimum Gasteiger partial charge on any atom is -0.508 e. The Bertz CT molecular complexity index is 664. The third-order valence-corrected chi connectivity index (χ3v) is 4.93. The maximum absolute atomic E-state index is 9.73. The Hall–Kier alpha value is -1.96. The van der Waals surface area contributed by atoms with Crippen molar-refractivity contribution in [3.05, 3.63) is 59.2 Å². The molecule has 108 valence electrons. The van der Waals surface area contributed by atoms with Crippen LogP contribution in [0.15, 0.2) is 42.5 Å². The molecule has 1 atom stereocenters. The third-order valence-electron chi connectivity index (χ3n) is 4.93. The van der Waals surface area contributed by atoms with Gasteiger partial charge in [0.05, 0.1) is 6.04 Å². The lowest BCUT2D eigenvalue weighted by Gasteiger charge is -2.41. The number of fused-ring (bicyclic) bond motifs is 2. The van der Waals surface area contributed by atoms with Crippen LogP contribution in [-0.4, -0.2) is 11.7 Å². The van der Waals surface area contributed by atoms with Crippen LogP contribution in [0.5, 0.6) is 5.75 Å². The zero-order chi connectivity index (χ0) is 14.2. The summed E-state index contributed by atoms with van der Waals surface area (Å²) in [5.41, 5.74) is 5.63. The van der Waals surface area contributed by atoms with Crippen LogP contribution in [-0.2, 0) is 12.8 Å². The highest BCUT2D eigenvalue weighted by atomic mass is 16.3. The summed E-state index contributed by atoms with van der Waals surface area (Å²) in [7, 11) is 0. The minimum absolute atomic E-state index is 0.397. The van der Waals surface area contributed by atoms with Crippen molar-refractivity contribution in [2.45, 2.75) is 38.1 Å². The molecule has 0 saturated heterocycles. The number of aryl methyl sites for hydroxylation is 2. The largest absolute Gasteiger partial charge is 0.508 e. The molecule has 2 aliphatic rings. The molecule has 1 N–H and O–H groups in total. The molecular weight excluding hydrogens is 258 g/mol. The number of hydrogen-bond donors (Lipinski definition) is 1. The van der Waals surface area contributed by atoms with E-state index in [-0.39, 0.29) is 0 Å². The Kier molecular flexibility index (Phi) is 3.10. The van der Waals surface area contributed by atoms with Crippen molar-refractivity contribution in [2.24, 2.45) is 0 Å². The summed E-state index contributed by atoms with van der Waals surface area (Å²) in [5, 5.41) is 9.73. The molecule has 0 spiro atoms. The van der Waals surface area contributed by atoms with E-state index in [1.54, 1.807) is 0 Å². The monoisotopic (exact) mass is 279 g/mol. The van der Waals surface area contributed by atoms with Crippen molar-refractivity contribution in [1.29, 1.82) is 0 Å². The lowest BCUT2D eigenvalue weighted by molar-refractivity contribution is 0.467. The molecule has 1 aliphatic carbocycles. The van der Waals surface area contributed by atoms with E-state index >= 15 is 0 Å². The number of anilines is 1. The highest BCUT2D eigenvalue weighted by Crippen LogP contribution is 2.41. The first-order valence-corrected chi connectivity index (χ1v) is 7.99. The Balaban J connectivity index is 1.76. The van der Waals surface area contributed by atoms with E-state index in [4.69, 9.17) is 0 Å². The van der Waals surface area contributed by atoms with Crippen LogP contribution in [0.25, 0.3) is 0 Å². The van der Waals surface area contributed by atoms with Crippen molar-refractivity contribution >= 4 is 5.69 Å². The van der Waals surface area contributed by atoms with E-state index in [2.05, 4.69) is 35.2 Å². The summed E-state index contributed by atoms with van der Waals surface area (Å²) < 4.78 is 0. The van der Waals surface area contributed by atoms with Gasteiger partial charge in [0.1, 0.15) is 5.75 Å². The van der Waals surface area contributed by atoms with Crippen LogP contribution in [0.2, 0.25) is 0 Å². The zero-order valence-electron chi connectivity index (χ0n) is 12.3. The van der Waals surface area contributed by atoms with Crippen molar-refractivity contribution in [3.8, 4) is 5.75 Å². The second-order valence-corrected chi connectivity index (χ2v) is 6.22. The van der Waals surface area contributed by atoms with E-state index in [0.717, 1.165) is 13.0 Å². The molecule has 1 aliphatic heterocycles. The summed E-state index contributed by atoms with van der Waals surface area (Å²) >= 11 is 0. The molecule has 0 radical (unpaired) electrons. The summed E-state index contributed by atoms with van der Waals surface area (Å²) in [6.45, 7) is 1.14. The van der Waals surface area contributed by atoms with Crippen LogP contribution in [0.3, 0.4) is 0 Å². The molecule has 0 bridgehead atoms. The fourth-order valence-electron chi connectivity index (χ4n) is 3.99. The molecule has 1 heterocycles. The molecule has 2 aromatic rings. The number of nitrogens with zero attached hydrogens (tertiary/aromatic N) is 1. The van der Waals surface area contributed by atoms with Crippen molar-refractivity contribution < 1.29 is 5.11 Å². The summed E-state index contributed by atoms with van der Waals surface area (Å²) in [6, 6.07) is 15.2. The molecule has 2 aromatic carbocycles. The second-order valence-electron chi connectivity index (χ2n) is 6.22. The first-order valence-electron chi connectivity index (χ1n) is 7.99. The van der Waals surface area contributed by atoms with E-state index < -0.39 is 0 Å². The van der Waals surface area contributed by atoms with E-state index in [1.807, 2.05) is 12.1 Å². The van der Waals surface area contributed by atoms with Gasteiger partial charge in [-0.15, -0.1) is 0 Å². The van der Waals surface area contributed by atoms with Crippen LogP contribution < -0.4 is 4.90 Å². The minimum atomic E-state index is 0.397. The van der Waals surface area contributed by atoms with Gasteiger partial charge < -0.3 is 10.0 Å². The maximum Gasteiger partial charge on any atom is 0.115 e. The highest BCUT2D eigenvalue weighted by Gasteiger charge is 2.29. The number of phenols is 1. The molecule has 0 amide bonds. The number of rotatable bonds is 1. The van der Waals surface area contributed by atoms with Crippen molar-refractivity contribution in [3.63, 3.8) is 0 Å². The SMILES string of the molecule is Oc1ccc2c(c1)CCCC2N1CCCc2ccccc21. The fourth-order valence-corrected chi connectivity index (χ4v) is 3.99. The molecule has 0 saturated carbocycles. The fraction of sp³-hybridized carbons (Fsp3) is 0.368. The number of benzene rings is 2. The summed E-state index contributed by atoms with van der Waals surface area (Å²) in [5.74, 6) is 0.397. The Morgan fingerprint density at radius 2 is 1.81 bits per heavy atom. The number of para-hydroxylation sites is 1. The molecule has 0 fully saturated rings. The predicted octanol–water partition coefficient (Wildman–Crippen LogP) is 4.22. The van der Waals surface area contributed by atoms with Gasteiger partial charge in [0.2, 0.25) is 0 Å². The third kappa shape index (κ3) is 2.19. The highest BCUT2D eigenvalue weighted by molar-refractivity contribution is 5.58. The zero-order valence-corrected chi connectivity index (χ0v) is 12.3. The topological polar surface area (TPSA) is 23.5 Å². The first-order chi connectivity index (χ1) is 10.3. The Morgan fingerprint density at radius 3 is 2.76 bits per heavy atom. The summed E-state index contributed by atoms with van der Waals surface area (Å²) in [4.78, 5) is 2.59. The molecular formula is C19H21NO. The number of phenolic OH excluding ortho intramolecular Hbond substituents is 1. The van der Waals surface area contributed by atoms with E-state index in [9.17, 15) is 5.11 Å². The van der Waals surface area contributed by atoms with Crippen LogP contribution >= 0.6 is 0 Å². The van der Waals surface area contributed by atoms with E-state index in [1.165, 1.54) is 48.1 Å². The smallest absolute Gasteiger partial charge is 0.115 e. The van der Waals surface area contributed by atoms with Crippen LogP contribution in [0.4, 0.5) is 5.69 Å².